The maximum absolute atomic E-state index is 15.0. The molecule has 0 bridgehead atoms. The molecule has 0 atom stereocenters. The van der Waals surface area contributed by atoms with Crippen LogP contribution in [0.3, 0.4) is 0 Å². The lowest BCUT2D eigenvalue weighted by atomic mass is 9.91. The van der Waals surface area contributed by atoms with Gasteiger partial charge in [-0.3, -0.25) is 15.0 Å². The second-order valence-corrected chi connectivity index (χ2v) is 16.2. The maximum atomic E-state index is 15.0. The van der Waals surface area contributed by atoms with Crippen molar-refractivity contribution >= 4 is 62.4 Å². The Morgan fingerprint density at radius 1 is 0.857 bits per heavy atom. The Balaban J connectivity index is 0.000000204. The zero-order chi connectivity index (χ0) is 38.8. The lowest BCUT2D eigenvalue weighted by Gasteiger charge is -2.38. The van der Waals surface area contributed by atoms with Crippen molar-refractivity contribution in [2.24, 2.45) is 13.0 Å². The number of aryl methyl sites for hydroxylation is 1. The molecule has 2 aromatic heterocycles. The van der Waals surface area contributed by atoms with E-state index in [9.17, 15) is 9.59 Å². The zero-order valence-corrected chi connectivity index (χ0v) is 32.8. The van der Waals surface area contributed by atoms with Gasteiger partial charge in [0, 0.05) is 87.0 Å². The Morgan fingerprint density at radius 3 is 2.32 bits per heavy atom. The Hall–Kier alpha value is -5.05. The first-order valence-electron chi connectivity index (χ1n) is 20.1. The lowest BCUT2D eigenvalue weighted by molar-refractivity contribution is -0.120. The summed E-state index contributed by atoms with van der Waals surface area (Å²) >= 11 is 6.20. The fourth-order valence-corrected chi connectivity index (χ4v) is 9.49. The fourth-order valence-electron chi connectivity index (χ4n) is 9.23. The van der Waals surface area contributed by atoms with Crippen LogP contribution < -0.4 is 20.0 Å². The van der Waals surface area contributed by atoms with Crippen molar-refractivity contribution in [3.8, 4) is 6.07 Å². The molecule has 292 valence electrons. The highest BCUT2D eigenvalue weighted by atomic mass is 35.5. The van der Waals surface area contributed by atoms with Crippen molar-refractivity contribution in [1.29, 1.82) is 5.26 Å². The van der Waals surface area contributed by atoms with Gasteiger partial charge in [-0.25, -0.2) is 9.18 Å². The molecule has 4 aliphatic rings. The number of fused-ring (bicyclic) bond motifs is 2. The number of aromatic nitrogens is 2. The first-order valence-corrected chi connectivity index (χ1v) is 20.5. The van der Waals surface area contributed by atoms with Crippen LogP contribution in [-0.4, -0.2) is 78.7 Å². The molecule has 0 spiro atoms. The second kappa shape index (κ2) is 16.6. The van der Waals surface area contributed by atoms with Gasteiger partial charge >= 0.3 is 6.03 Å². The lowest BCUT2D eigenvalue weighted by Crippen LogP contribution is -2.49. The van der Waals surface area contributed by atoms with Crippen LogP contribution in [0.15, 0.2) is 66.9 Å². The van der Waals surface area contributed by atoms with Gasteiger partial charge in [0.1, 0.15) is 11.9 Å². The molecule has 4 aliphatic heterocycles. The molecule has 4 fully saturated rings. The van der Waals surface area contributed by atoms with Gasteiger partial charge in [0.15, 0.2) is 0 Å². The van der Waals surface area contributed by atoms with Crippen LogP contribution in [0.2, 0.25) is 5.02 Å². The number of hydrogen-bond donors (Lipinski definition) is 2. The van der Waals surface area contributed by atoms with E-state index in [1.54, 1.807) is 12.3 Å². The summed E-state index contributed by atoms with van der Waals surface area (Å²) in [5.74, 6) is 0.434. The third kappa shape index (κ3) is 7.82. The molecule has 10 nitrogen and oxygen atoms in total. The SMILES string of the molecule is Cn1c(C2CCN(CC3CCN(c4ccccc4)CC3)CC2)cc2cc(F)c(N3CCC(=O)NC3=O)cc21.N#Cc1c[nH]c2c(N3CCCCC3)ccc(Cl)c12. The minimum Gasteiger partial charge on any atom is -0.372 e. The van der Waals surface area contributed by atoms with Crippen molar-refractivity contribution in [3.63, 3.8) is 0 Å². The predicted octanol–water partition coefficient (Wildman–Crippen LogP) is 8.54. The number of imide groups is 1. The monoisotopic (exact) mass is 776 g/mol. The van der Waals surface area contributed by atoms with Crippen LogP contribution in [-0.2, 0) is 11.8 Å². The van der Waals surface area contributed by atoms with E-state index in [2.05, 4.69) is 72.0 Å². The van der Waals surface area contributed by atoms with Crippen molar-refractivity contribution in [2.75, 3.05) is 67.1 Å². The van der Waals surface area contributed by atoms with Crippen LogP contribution in [0, 0.1) is 23.1 Å². The molecule has 0 radical (unpaired) electrons. The topological polar surface area (TPSA) is 104 Å². The number of halogens is 2. The average molecular weight is 777 g/mol. The number of rotatable bonds is 6. The number of likely N-dealkylation sites (tertiary alicyclic amines) is 1. The predicted molar refractivity (Wildman–Crippen MR) is 222 cm³/mol. The highest BCUT2D eigenvalue weighted by Gasteiger charge is 2.30. The normalized spacial score (nSPS) is 18.9. The standard InChI is InChI=1S/C30H36FN5O2.C14H14ClN3/c1-33-26(18-23-17-25(31)28(19-27(23)33)36-16-11-29(37)32-30(36)38)22-9-12-34(13-10-22)20-21-7-14-35(15-8-21)24-5-3-2-4-6-24;15-11-4-5-12(18-6-2-1-3-7-18)14-13(11)10(8-16)9-17-14/h2-6,17-19,21-22H,7-16,20H2,1H3,(H,32,37,38);4-5,9,17H,1-3,6-7H2. The van der Waals surface area contributed by atoms with Gasteiger partial charge in [-0.15, -0.1) is 0 Å². The first-order chi connectivity index (χ1) is 27.3. The molecule has 0 aliphatic carbocycles. The molecule has 5 aromatic rings. The number of nitriles is 1. The number of benzene rings is 3. The molecular weight excluding hydrogens is 727 g/mol. The summed E-state index contributed by atoms with van der Waals surface area (Å²) in [5, 5.41) is 13.7. The van der Waals surface area contributed by atoms with Crippen LogP contribution in [0.25, 0.3) is 21.8 Å². The number of carbonyl (C=O) groups excluding carboxylic acids is 2. The Bertz CT molecular complexity index is 2240. The van der Waals surface area contributed by atoms with Crippen LogP contribution in [0.1, 0.15) is 68.5 Å². The summed E-state index contributed by atoms with van der Waals surface area (Å²) in [5.41, 5.74) is 6.47. The van der Waals surface area contributed by atoms with Gasteiger partial charge in [0.25, 0.3) is 0 Å². The van der Waals surface area contributed by atoms with Crippen LogP contribution in [0.4, 0.5) is 26.2 Å². The molecule has 2 N–H and O–H groups in total. The van der Waals surface area contributed by atoms with E-state index >= 15 is 4.39 Å². The van der Waals surface area contributed by atoms with Gasteiger partial charge in [-0.2, -0.15) is 5.26 Å². The van der Waals surface area contributed by atoms with E-state index in [1.165, 1.54) is 61.0 Å². The van der Waals surface area contributed by atoms with Gasteiger partial charge < -0.3 is 24.3 Å². The highest BCUT2D eigenvalue weighted by molar-refractivity contribution is 6.36. The number of H-pyrrole nitrogens is 1. The highest BCUT2D eigenvalue weighted by Crippen LogP contribution is 2.37. The zero-order valence-electron chi connectivity index (χ0n) is 32.1. The molecular formula is C44H50ClFN8O2. The summed E-state index contributed by atoms with van der Waals surface area (Å²) in [6.07, 6.45) is 10.4. The number of para-hydroxylation sites is 1. The molecule has 9 rings (SSSR count). The number of piperidine rings is 3. The van der Waals surface area contributed by atoms with Crippen molar-refractivity contribution < 1.29 is 14.0 Å². The number of urea groups is 1. The number of nitrogens with zero attached hydrogens (tertiary/aromatic N) is 6. The summed E-state index contributed by atoms with van der Waals surface area (Å²) < 4.78 is 17.2. The second-order valence-electron chi connectivity index (χ2n) is 15.8. The van der Waals surface area contributed by atoms with Crippen molar-refractivity contribution in [1.82, 2.24) is 19.8 Å². The summed E-state index contributed by atoms with van der Waals surface area (Å²) in [6, 6.07) is 21.7. The quantitative estimate of drug-likeness (QED) is 0.179. The molecule has 3 amide bonds. The van der Waals surface area contributed by atoms with Gasteiger partial charge in [-0.05, 0) is 106 Å². The third-order valence-corrected chi connectivity index (χ3v) is 12.6. The van der Waals surface area contributed by atoms with Gasteiger partial charge in [0.05, 0.1) is 33.0 Å². The summed E-state index contributed by atoms with van der Waals surface area (Å²) in [6.45, 7) is 7.98. The maximum Gasteiger partial charge on any atom is 0.328 e. The van der Waals surface area contributed by atoms with E-state index in [1.807, 2.05) is 19.2 Å². The number of carbonyl (C=O) groups is 2. The molecule has 0 saturated carbocycles. The van der Waals surface area contributed by atoms with Gasteiger partial charge in [-0.1, -0.05) is 29.8 Å². The van der Waals surface area contributed by atoms with Crippen molar-refractivity contribution in [2.45, 2.75) is 57.3 Å². The number of nitrogens with one attached hydrogen (secondary N) is 2. The van der Waals surface area contributed by atoms with E-state index in [-0.39, 0.29) is 24.6 Å². The van der Waals surface area contributed by atoms with E-state index in [0.29, 0.717) is 16.5 Å². The molecule has 6 heterocycles. The molecule has 3 aromatic carbocycles. The van der Waals surface area contributed by atoms with Gasteiger partial charge in [0.2, 0.25) is 5.91 Å². The third-order valence-electron chi connectivity index (χ3n) is 12.3. The smallest absolute Gasteiger partial charge is 0.328 e. The van der Waals surface area contributed by atoms with Crippen LogP contribution in [0.5, 0.6) is 0 Å². The fraction of sp³-hybridized carbons (Fsp3) is 0.432. The molecule has 4 saturated heterocycles. The largest absolute Gasteiger partial charge is 0.372 e. The minimum atomic E-state index is -0.563. The van der Waals surface area contributed by atoms with Crippen molar-refractivity contribution in [3.05, 3.63) is 89.0 Å². The number of anilines is 3. The van der Waals surface area contributed by atoms with E-state index in [0.717, 1.165) is 85.5 Å². The summed E-state index contributed by atoms with van der Waals surface area (Å²) in [7, 11) is 2.03. The summed E-state index contributed by atoms with van der Waals surface area (Å²) in [4.78, 5) is 35.9. The van der Waals surface area contributed by atoms with E-state index in [4.69, 9.17) is 16.9 Å². The molecule has 0 unspecified atom stereocenters. The first kappa shape index (κ1) is 37.9. The molecule has 56 heavy (non-hydrogen) atoms. The van der Waals surface area contributed by atoms with E-state index < -0.39 is 11.8 Å². The van der Waals surface area contributed by atoms with Crippen LogP contribution >= 0.6 is 11.6 Å². The average Bonchev–Trinajstić information content (AvgIpc) is 3.81. The number of aromatic amines is 1. The number of amides is 3. The number of hydrogen-bond acceptors (Lipinski definition) is 6. The minimum absolute atomic E-state index is 0.173. The Labute approximate surface area is 332 Å². The Kier molecular flexibility index (Phi) is 11.2. The Morgan fingerprint density at radius 2 is 1.61 bits per heavy atom. The molecule has 12 heteroatoms.